The van der Waals surface area contributed by atoms with Gasteiger partial charge < -0.3 is 15.7 Å². The number of rotatable bonds is 3. The summed E-state index contributed by atoms with van der Waals surface area (Å²) < 4.78 is 0. The van der Waals surface area contributed by atoms with Crippen LogP contribution in [-0.4, -0.2) is 39.6 Å². The van der Waals surface area contributed by atoms with E-state index in [1.165, 1.54) is 0 Å². The van der Waals surface area contributed by atoms with Crippen LogP contribution in [0.5, 0.6) is 0 Å². The highest BCUT2D eigenvalue weighted by molar-refractivity contribution is 5.95. The van der Waals surface area contributed by atoms with Crippen LogP contribution in [0.3, 0.4) is 0 Å². The van der Waals surface area contributed by atoms with E-state index in [9.17, 15) is 9.90 Å². The summed E-state index contributed by atoms with van der Waals surface area (Å²) in [6.07, 6.45) is 5.41. The molecule has 0 aliphatic carbocycles. The van der Waals surface area contributed by atoms with Crippen molar-refractivity contribution in [2.75, 3.05) is 12.3 Å². The van der Waals surface area contributed by atoms with Gasteiger partial charge >= 0.3 is 0 Å². The Morgan fingerprint density at radius 3 is 2.90 bits per heavy atom. The molecule has 2 saturated heterocycles. The largest absolute Gasteiger partial charge is 0.396 e. The summed E-state index contributed by atoms with van der Waals surface area (Å²) in [6, 6.07) is 3.81. The first kappa shape index (κ1) is 13.4. The van der Waals surface area contributed by atoms with E-state index in [0.29, 0.717) is 11.4 Å². The number of pyridine rings is 1. The number of nitrogens with two attached hydrogens (primary N) is 1. The van der Waals surface area contributed by atoms with Crippen molar-refractivity contribution in [3.05, 3.63) is 23.9 Å². The predicted molar refractivity (Wildman–Crippen MR) is 76.1 cm³/mol. The Morgan fingerprint density at radius 1 is 1.55 bits per heavy atom. The van der Waals surface area contributed by atoms with Crippen LogP contribution in [0, 0.1) is 5.41 Å². The number of aliphatic hydroxyl groups is 1. The molecule has 0 saturated carbocycles. The van der Waals surface area contributed by atoms with Crippen molar-refractivity contribution < 1.29 is 9.90 Å². The maximum absolute atomic E-state index is 12.7. The fourth-order valence-corrected chi connectivity index (χ4v) is 3.94. The molecule has 2 fully saturated rings. The second-order valence-corrected chi connectivity index (χ2v) is 6.01. The molecule has 0 unspecified atom stereocenters. The third-order valence-electron chi connectivity index (χ3n) is 5.14. The van der Waals surface area contributed by atoms with E-state index in [4.69, 9.17) is 5.73 Å². The summed E-state index contributed by atoms with van der Waals surface area (Å²) in [5.74, 6) is 0.443. The van der Waals surface area contributed by atoms with E-state index in [-0.39, 0.29) is 30.0 Å². The van der Waals surface area contributed by atoms with Gasteiger partial charge in [-0.1, -0.05) is 6.92 Å². The van der Waals surface area contributed by atoms with Crippen molar-refractivity contribution in [1.82, 2.24) is 9.88 Å². The lowest BCUT2D eigenvalue weighted by molar-refractivity contribution is 0.0557. The topological polar surface area (TPSA) is 79.5 Å². The second kappa shape index (κ2) is 4.74. The number of nitrogen functional groups attached to an aromatic ring is 1. The Balaban J connectivity index is 1.88. The molecule has 0 spiro atoms. The molecule has 1 aromatic heterocycles. The van der Waals surface area contributed by atoms with Gasteiger partial charge in [-0.3, -0.25) is 4.79 Å². The van der Waals surface area contributed by atoms with E-state index in [0.717, 1.165) is 25.7 Å². The highest BCUT2D eigenvalue weighted by Crippen LogP contribution is 2.51. The number of carbonyl (C=O) groups excluding carboxylic acids is 1. The normalized spacial score (nSPS) is 31.8. The average Bonchev–Trinajstić information content (AvgIpc) is 3.03. The number of nitrogens with zero attached hydrogens (tertiary/aromatic N) is 2. The van der Waals surface area contributed by atoms with Gasteiger partial charge in [-0.2, -0.15) is 0 Å². The Kier molecular flexibility index (Phi) is 3.17. The van der Waals surface area contributed by atoms with Crippen LogP contribution >= 0.6 is 0 Å². The van der Waals surface area contributed by atoms with E-state index in [2.05, 4.69) is 11.9 Å². The first-order chi connectivity index (χ1) is 9.61. The molecule has 0 radical (unpaired) electrons. The van der Waals surface area contributed by atoms with E-state index in [1.807, 2.05) is 4.90 Å². The number of hydrogen-bond acceptors (Lipinski definition) is 4. The van der Waals surface area contributed by atoms with Crippen molar-refractivity contribution in [2.24, 2.45) is 5.41 Å². The lowest BCUT2D eigenvalue weighted by Gasteiger charge is -2.34. The number of fused-ring (bicyclic) bond motifs is 2. The number of anilines is 1. The van der Waals surface area contributed by atoms with E-state index >= 15 is 0 Å². The van der Waals surface area contributed by atoms with Crippen LogP contribution in [0.1, 0.15) is 43.0 Å². The second-order valence-electron chi connectivity index (χ2n) is 6.01. The number of hydrogen-bond donors (Lipinski definition) is 2. The van der Waals surface area contributed by atoms with Gasteiger partial charge in [0, 0.05) is 23.7 Å². The zero-order valence-corrected chi connectivity index (χ0v) is 11.7. The molecule has 20 heavy (non-hydrogen) atoms. The molecule has 1 aromatic rings. The van der Waals surface area contributed by atoms with Crippen molar-refractivity contribution in [1.29, 1.82) is 0 Å². The van der Waals surface area contributed by atoms with Gasteiger partial charge in [0.25, 0.3) is 5.91 Å². The maximum Gasteiger partial charge on any atom is 0.255 e. The van der Waals surface area contributed by atoms with Gasteiger partial charge in [-0.05, 0) is 37.8 Å². The molecule has 0 aromatic carbocycles. The number of carbonyl (C=O) groups is 1. The molecule has 5 heteroatoms. The smallest absolute Gasteiger partial charge is 0.255 e. The summed E-state index contributed by atoms with van der Waals surface area (Å²) in [5, 5.41) is 9.78. The van der Waals surface area contributed by atoms with Gasteiger partial charge in [0.2, 0.25) is 0 Å². The molecule has 3 N–H and O–H groups in total. The molecule has 2 bridgehead atoms. The zero-order valence-electron chi connectivity index (χ0n) is 11.7. The first-order valence-electron chi connectivity index (χ1n) is 7.26. The Bertz CT molecular complexity index is 510. The van der Waals surface area contributed by atoms with Gasteiger partial charge in [0.05, 0.1) is 12.2 Å². The predicted octanol–water partition coefficient (Wildman–Crippen LogP) is 1.43. The minimum absolute atomic E-state index is 0.0220. The maximum atomic E-state index is 12.7. The number of aromatic nitrogens is 1. The minimum Gasteiger partial charge on any atom is -0.396 e. The average molecular weight is 275 g/mol. The summed E-state index contributed by atoms with van der Waals surface area (Å²) in [4.78, 5) is 18.7. The molecule has 3 heterocycles. The third-order valence-corrected chi connectivity index (χ3v) is 5.14. The summed E-state index contributed by atoms with van der Waals surface area (Å²) in [5.41, 5.74) is 6.04. The van der Waals surface area contributed by atoms with Crippen molar-refractivity contribution in [3.8, 4) is 0 Å². The molecular weight excluding hydrogens is 254 g/mol. The molecule has 5 nitrogen and oxygen atoms in total. The van der Waals surface area contributed by atoms with Crippen LogP contribution in [0.15, 0.2) is 18.3 Å². The minimum atomic E-state index is -0.111. The van der Waals surface area contributed by atoms with E-state index < -0.39 is 0 Å². The first-order valence-corrected chi connectivity index (χ1v) is 7.26. The number of aliphatic hydroxyl groups excluding tert-OH is 1. The zero-order chi connectivity index (χ0) is 14.3. The molecule has 3 rings (SSSR count). The molecule has 1 amide bonds. The highest BCUT2D eigenvalue weighted by Gasteiger charge is 2.56. The van der Waals surface area contributed by atoms with Crippen molar-refractivity contribution in [3.63, 3.8) is 0 Å². The highest BCUT2D eigenvalue weighted by atomic mass is 16.3. The summed E-state index contributed by atoms with van der Waals surface area (Å²) in [6.45, 7) is 2.26. The van der Waals surface area contributed by atoms with E-state index in [1.54, 1.807) is 18.3 Å². The van der Waals surface area contributed by atoms with Gasteiger partial charge in [-0.15, -0.1) is 0 Å². The van der Waals surface area contributed by atoms with Crippen LogP contribution in [0.4, 0.5) is 5.82 Å². The Morgan fingerprint density at radius 2 is 2.35 bits per heavy atom. The van der Waals surface area contributed by atoms with Crippen LogP contribution in [0.25, 0.3) is 0 Å². The molecular formula is C15H21N3O2. The lowest BCUT2D eigenvalue weighted by atomic mass is 9.72. The van der Waals surface area contributed by atoms with Crippen LogP contribution < -0.4 is 5.73 Å². The van der Waals surface area contributed by atoms with Gasteiger partial charge in [0.15, 0.2) is 0 Å². The number of amides is 1. The SMILES string of the molecule is CC[C@]1(CO)C[C@H]2CC[C@@H]1N2C(=O)c1ccc(N)nc1. The van der Waals surface area contributed by atoms with Gasteiger partial charge in [0.1, 0.15) is 5.82 Å². The molecule has 2 aliphatic rings. The van der Waals surface area contributed by atoms with Crippen LogP contribution in [0.2, 0.25) is 0 Å². The van der Waals surface area contributed by atoms with Crippen LogP contribution in [-0.2, 0) is 0 Å². The summed E-state index contributed by atoms with van der Waals surface area (Å²) in [7, 11) is 0. The monoisotopic (exact) mass is 275 g/mol. The lowest BCUT2D eigenvalue weighted by Crippen LogP contribution is -2.42. The quantitative estimate of drug-likeness (QED) is 0.874. The van der Waals surface area contributed by atoms with Crippen molar-refractivity contribution >= 4 is 11.7 Å². The van der Waals surface area contributed by atoms with Gasteiger partial charge in [-0.25, -0.2) is 4.98 Å². The summed E-state index contributed by atoms with van der Waals surface area (Å²) >= 11 is 0. The Labute approximate surface area is 118 Å². The molecule has 108 valence electrons. The fraction of sp³-hybridized carbons (Fsp3) is 0.600. The molecule has 3 atom stereocenters. The molecule has 2 aliphatic heterocycles. The standard InChI is InChI=1S/C15H21N3O2/c1-2-15(9-19)7-11-4-5-12(15)18(11)14(20)10-3-6-13(16)17-8-10/h3,6,8,11-12,19H,2,4-5,7,9H2,1H3,(H2,16,17)/t11-,12+,15-/m1/s1. The van der Waals surface area contributed by atoms with Crippen molar-refractivity contribution in [2.45, 2.75) is 44.7 Å². The third kappa shape index (κ3) is 1.80. The Hall–Kier alpha value is -1.62. The fourth-order valence-electron chi connectivity index (χ4n) is 3.94.